The van der Waals surface area contributed by atoms with E-state index in [-0.39, 0.29) is 5.91 Å². The molecule has 4 rings (SSSR count). The van der Waals surface area contributed by atoms with Gasteiger partial charge in [0.15, 0.2) is 0 Å². The van der Waals surface area contributed by atoms with Gasteiger partial charge in [-0.1, -0.05) is 13.3 Å². The van der Waals surface area contributed by atoms with Crippen molar-refractivity contribution in [3.63, 3.8) is 0 Å². The first kappa shape index (κ1) is 19.2. The monoisotopic (exact) mass is 381 g/mol. The van der Waals surface area contributed by atoms with Crippen LogP contribution in [0.15, 0.2) is 0 Å². The van der Waals surface area contributed by atoms with Gasteiger partial charge in [-0.05, 0) is 49.7 Å². The number of anilines is 1. The Bertz CT molecular complexity index is 770. The van der Waals surface area contributed by atoms with Crippen molar-refractivity contribution in [3.8, 4) is 6.07 Å². The van der Waals surface area contributed by atoms with E-state index in [1.165, 1.54) is 16.8 Å². The van der Waals surface area contributed by atoms with E-state index in [0.717, 1.165) is 95.6 Å². The van der Waals surface area contributed by atoms with E-state index in [4.69, 9.17) is 4.98 Å². The fourth-order valence-electron chi connectivity index (χ4n) is 4.89. The summed E-state index contributed by atoms with van der Waals surface area (Å²) < 4.78 is 0. The molecule has 6 nitrogen and oxygen atoms in total. The average molecular weight is 382 g/mol. The molecule has 0 bridgehead atoms. The first-order valence-electron chi connectivity index (χ1n) is 10.9. The predicted molar refractivity (Wildman–Crippen MR) is 109 cm³/mol. The molecule has 0 radical (unpaired) electrons. The van der Waals surface area contributed by atoms with E-state index >= 15 is 0 Å². The van der Waals surface area contributed by atoms with Crippen LogP contribution >= 0.6 is 0 Å². The van der Waals surface area contributed by atoms with Crippen LogP contribution in [0.25, 0.3) is 0 Å². The summed E-state index contributed by atoms with van der Waals surface area (Å²) in [7, 11) is 0. The van der Waals surface area contributed by atoms with Gasteiger partial charge in [-0.3, -0.25) is 9.69 Å². The fraction of sp³-hybridized carbons (Fsp3) is 0.682. The molecule has 0 saturated carbocycles. The summed E-state index contributed by atoms with van der Waals surface area (Å²) in [4.78, 5) is 23.9. The van der Waals surface area contributed by atoms with Gasteiger partial charge in [-0.25, -0.2) is 4.98 Å². The number of likely N-dealkylation sites (tertiary alicyclic amines) is 1. The number of pyridine rings is 1. The highest BCUT2D eigenvalue weighted by Crippen LogP contribution is 2.33. The second-order valence-electron chi connectivity index (χ2n) is 8.28. The highest BCUT2D eigenvalue weighted by molar-refractivity contribution is 5.78. The fourth-order valence-corrected chi connectivity index (χ4v) is 4.89. The van der Waals surface area contributed by atoms with E-state index in [2.05, 4.69) is 22.8 Å². The molecule has 3 aliphatic rings. The number of piperazine rings is 1. The van der Waals surface area contributed by atoms with E-state index in [9.17, 15) is 10.1 Å². The van der Waals surface area contributed by atoms with Crippen LogP contribution in [0.1, 0.15) is 55.0 Å². The zero-order valence-electron chi connectivity index (χ0n) is 17.0. The second kappa shape index (κ2) is 8.48. The maximum atomic E-state index is 12.4. The van der Waals surface area contributed by atoms with Gasteiger partial charge in [0, 0.05) is 45.0 Å². The summed E-state index contributed by atoms with van der Waals surface area (Å²) in [5, 5.41) is 9.85. The molecular weight excluding hydrogens is 350 g/mol. The second-order valence-corrected chi connectivity index (χ2v) is 8.28. The molecule has 150 valence electrons. The van der Waals surface area contributed by atoms with Crippen molar-refractivity contribution in [1.29, 1.82) is 5.26 Å². The number of hydrogen-bond donors (Lipinski definition) is 0. The molecule has 28 heavy (non-hydrogen) atoms. The van der Waals surface area contributed by atoms with Gasteiger partial charge in [-0.15, -0.1) is 0 Å². The van der Waals surface area contributed by atoms with Gasteiger partial charge in [0.05, 0.1) is 12.1 Å². The Morgan fingerprint density at radius 2 is 1.75 bits per heavy atom. The lowest BCUT2D eigenvalue weighted by Crippen LogP contribution is -2.50. The lowest BCUT2D eigenvalue weighted by molar-refractivity contribution is -0.131. The largest absolute Gasteiger partial charge is 0.353 e. The van der Waals surface area contributed by atoms with E-state index in [1.807, 2.05) is 4.90 Å². The number of carbonyl (C=O) groups excluding carboxylic acids is 1. The molecule has 0 aromatic carbocycles. The zero-order valence-corrected chi connectivity index (χ0v) is 17.0. The molecule has 3 heterocycles. The third-order valence-corrected chi connectivity index (χ3v) is 6.42. The van der Waals surface area contributed by atoms with Gasteiger partial charge in [0.1, 0.15) is 11.9 Å². The topological polar surface area (TPSA) is 63.5 Å². The SMILES string of the molecule is CCCc1nc(N2CCN(CC(=O)N3CCCC3)CC2)c(C#N)c2c1CCC2. The Hall–Kier alpha value is -2.13. The molecule has 0 spiro atoms. The van der Waals surface area contributed by atoms with Crippen molar-refractivity contribution in [3.05, 3.63) is 22.4 Å². The Morgan fingerprint density at radius 3 is 2.43 bits per heavy atom. The Kier molecular flexibility index (Phi) is 5.82. The minimum absolute atomic E-state index is 0.268. The number of amides is 1. The maximum Gasteiger partial charge on any atom is 0.236 e. The number of nitriles is 1. The van der Waals surface area contributed by atoms with Crippen molar-refractivity contribution in [2.75, 3.05) is 50.7 Å². The third-order valence-electron chi connectivity index (χ3n) is 6.42. The summed E-state index contributed by atoms with van der Waals surface area (Å²) in [6, 6.07) is 2.46. The van der Waals surface area contributed by atoms with Crippen LogP contribution in [-0.4, -0.2) is 66.5 Å². The molecule has 2 aliphatic heterocycles. The normalized spacial score (nSPS) is 19.7. The quantitative estimate of drug-likeness (QED) is 0.782. The number of aryl methyl sites for hydroxylation is 1. The molecule has 0 unspecified atom stereocenters. The minimum atomic E-state index is 0.268. The Balaban J connectivity index is 1.46. The highest BCUT2D eigenvalue weighted by atomic mass is 16.2. The summed E-state index contributed by atoms with van der Waals surface area (Å²) in [5.74, 6) is 1.15. The summed E-state index contributed by atoms with van der Waals surface area (Å²) in [6.07, 6.45) is 7.57. The van der Waals surface area contributed by atoms with Crippen molar-refractivity contribution in [2.24, 2.45) is 0 Å². The van der Waals surface area contributed by atoms with Gasteiger partial charge in [0.2, 0.25) is 5.91 Å². The molecule has 1 aromatic rings. The number of carbonyl (C=O) groups is 1. The van der Waals surface area contributed by atoms with Crippen molar-refractivity contribution in [1.82, 2.24) is 14.8 Å². The molecule has 0 atom stereocenters. The van der Waals surface area contributed by atoms with Gasteiger partial charge >= 0.3 is 0 Å². The lowest BCUT2D eigenvalue weighted by atomic mass is 10.0. The molecule has 6 heteroatoms. The summed E-state index contributed by atoms with van der Waals surface area (Å²) in [5.41, 5.74) is 4.60. The summed E-state index contributed by atoms with van der Waals surface area (Å²) in [6.45, 7) is 7.93. The zero-order chi connectivity index (χ0) is 19.5. The summed E-state index contributed by atoms with van der Waals surface area (Å²) >= 11 is 0. The van der Waals surface area contributed by atoms with Crippen molar-refractivity contribution < 1.29 is 4.79 Å². The number of rotatable bonds is 5. The molecular formula is C22H31N5O. The van der Waals surface area contributed by atoms with Crippen LogP contribution in [0.3, 0.4) is 0 Å². The first-order valence-corrected chi connectivity index (χ1v) is 10.9. The predicted octanol–water partition coefficient (Wildman–Crippen LogP) is 2.14. The van der Waals surface area contributed by atoms with Gasteiger partial charge in [-0.2, -0.15) is 5.26 Å². The first-order chi connectivity index (χ1) is 13.7. The average Bonchev–Trinajstić information content (AvgIpc) is 3.41. The third kappa shape index (κ3) is 3.73. The number of aromatic nitrogens is 1. The maximum absolute atomic E-state index is 12.4. The minimum Gasteiger partial charge on any atom is -0.353 e. The molecule has 1 aromatic heterocycles. The van der Waals surface area contributed by atoms with Crippen LogP contribution in [0.2, 0.25) is 0 Å². The molecule has 1 amide bonds. The van der Waals surface area contributed by atoms with Crippen LogP contribution < -0.4 is 4.90 Å². The molecule has 2 fully saturated rings. The smallest absolute Gasteiger partial charge is 0.236 e. The molecule has 2 saturated heterocycles. The van der Waals surface area contributed by atoms with E-state index in [1.54, 1.807) is 0 Å². The Labute approximate surface area is 168 Å². The highest BCUT2D eigenvalue weighted by Gasteiger charge is 2.28. The number of nitrogens with zero attached hydrogens (tertiary/aromatic N) is 5. The van der Waals surface area contributed by atoms with Crippen LogP contribution in [0.4, 0.5) is 5.82 Å². The lowest BCUT2D eigenvalue weighted by Gasteiger charge is -2.36. The van der Waals surface area contributed by atoms with Crippen molar-refractivity contribution >= 4 is 11.7 Å². The standard InChI is InChI=1S/C22H31N5O/c1-2-6-20-18-8-5-7-17(18)19(15-23)22(24-20)27-13-11-25(12-14-27)16-21(28)26-9-3-4-10-26/h2-14,16H2,1H3. The van der Waals surface area contributed by atoms with E-state index < -0.39 is 0 Å². The van der Waals surface area contributed by atoms with E-state index in [0.29, 0.717) is 6.54 Å². The Morgan fingerprint density at radius 1 is 1.04 bits per heavy atom. The van der Waals surface area contributed by atoms with Crippen LogP contribution in [-0.2, 0) is 24.1 Å². The van der Waals surface area contributed by atoms with Gasteiger partial charge < -0.3 is 9.80 Å². The van der Waals surface area contributed by atoms with Gasteiger partial charge in [0.25, 0.3) is 0 Å². The van der Waals surface area contributed by atoms with Crippen LogP contribution in [0.5, 0.6) is 0 Å². The molecule has 0 N–H and O–H groups in total. The molecule has 1 aliphatic carbocycles. The number of hydrogen-bond acceptors (Lipinski definition) is 5. The van der Waals surface area contributed by atoms with Crippen molar-refractivity contribution in [2.45, 2.75) is 51.9 Å². The van der Waals surface area contributed by atoms with Crippen LogP contribution in [0, 0.1) is 11.3 Å². The number of fused-ring (bicyclic) bond motifs is 1.